The highest BCUT2D eigenvalue weighted by atomic mass is 35.5. The number of ether oxygens (including phenoxy) is 7. The molecule has 2 aromatic heterocycles. The Labute approximate surface area is 473 Å². The molecule has 3 aliphatic heterocycles. The van der Waals surface area contributed by atoms with Crippen molar-refractivity contribution in [2.75, 3.05) is 78.2 Å². The molecule has 0 saturated carbocycles. The molecular weight excluding hydrogens is 1070 g/mol. The molecule has 0 spiro atoms. The second kappa shape index (κ2) is 24.3. The fraction of sp³-hybridized carbons (Fsp3) is 0.361. The Morgan fingerprint density at radius 3 is 1.83 bits per heavy atom. The number of hydrogen-bond acceptors (Lipinski definition) is 15. The van der Waals surface area contributed by atoms with Crippen molar-refractivity contribution in [2.45, 2.75) is 70.2 Å². The van der Waals surface area contributed by atoms with E-state index in [4.69, 9.17) is 54.7 Å². The molecule has 1 fully saturated rings. The van der Waals surface area contributed by atoms with E-state index in [9.17, 15) is 0 Å². The average Bonchev–Trinajstić information content (AvgIpc) is 2.45. The van der Waals surface area contributed by atoms with Crippen molar-refractivity contribution < 1.29 is 50.7 Å². The summed E-state index contributed by atoms with van der Waals surface area (Å²) in [4.78, 5) is 18.4. The van der Waals surface area contributed by atoms with Gasteiger partial charge in [-0.3, -0.25) is 4.90 Å². The number of nitrogens with one attached hydrogen (secondary N) is 3. The van der Waals surface area contributed by atoms with Crippen molar-refractivity contribution >= 4 is 34.1 Å². The summed E-state index contributed by atoms with van der Waals surface area (Å²) in [7, 11) is 6.32. The zero-order valence-corrected chi connectivity index (χ0v) is 46.7. The van der Waals surface area contributed by atoms with Crippen LogP contribution in [0.1, 0.15) is 59.6 Å². The lowest BCUT2D eigenvalue weighted by Gasteiger charge is -2.55. The first kappa shape index (κ1) is 56.7. The first-order chi connectivity index (χ1) is 39.1. The Bertz CT molecular complexity index is 3240. The largest absolute Gasteiger partial charge is 0.497 e. The van der Waals surface area contributed by atoms with Gasteiger partial charge in [-0.25, -0.2) is 9.37 Å². The van der Waals surface area contributed by atoms with E-state index < -0.39 is 41.0 Å². The van der Waals surface area contributed by atoms with Gasteiger partial charge in [-0.1, -0.05) is 80.0 Å². The molecule has 5 aromatic carbocycles. The highest BCUT2D eigenvalue weighted by Crippen LogP contribution is 2.60. The molecule has 15 nitrogen and oxygen atoms in total. The highest BCUT2D eigenvalue weighted by molar-refractivity contribution is 6.34. The number of methoxy groups -OCH3 is 4. The van der Waals surface area contributed by atoms with Crippen LogP contribution >= 0.6 is 11.6 Å². The first-order valence-electron chi connectivity index (χ1n) is 26.7. The van der Waals surface area contributed by atoms with Gasteiger partial charge in [0.2, 0.25) is 0 Å². The Morgan fingerprint density at radius 1 is 0.753 bits per heavy atom. The maximum atomic E-state index is 19.1. The van der Waals surface area contributed by atoms with E-state index in [0.717, 1.165) is 28.5 Å². The molecule has 0 radical (unpaired) electrons. The van der Waals surface area contributed by atoms with Gasteiger partial charge >= 0.3 is 12.2 Å². The van der Waals surface area contributed by atoms with Crippen molar-refractivity contribution in [2.24, 2.45) is 5.41 Å². The summed E-state index contributed by atoms with van der Waals surface area (Å²) < 4.78 is 109. The zero-order valence-electron chi connectivity index (χ0n) is 46.0. The Hall–Kier alpha value is -7.58. The summed E-state index contributed by atoms with van der Waals surface area (Å²) >= 11 is 7.72. The number of morpholine rings is 1. The number of pyridine rings is 1. The third-order valence-corrected chi connectivity index (χ3v) is 16.0. The minimum atomic E-state index is -4.90. The minimum Gasteiger partial charge on any atom is -0.497 e. The van der Waals surface area contributed by atoms with E-state index in [2.05, 4.69) is 25.8 Å². The van der Waals surface area contributed by atoms with Crippen LogP contribution in [0.4, 0.5) is 29.2 Å². The molecule has 2 unspecified atom stereocenters. The number of allylic oxidation sites excluding steroid dienone is 1. The lowest BCUT2D eigenvalue weighted by Crippen LogP contribution is -2.61. The normalized spacial score (nSPS) is 19.3. The van der Waals surface area contributed by atoms with E-state index in [-0.39, 0.29) is 78.0 Å². The van der Waals surface area contributed by atoms with Crippen LogP contribution in [0.2, 0.25) is 5.02 Å². The van der Waals surface area contributed by atoms with Crippen LogP contribution in [0.25, 0.3) is 10.9 Å². The molecule has 3 aliphatic rings. The molecule has 4 atom stereocenters. The van der Waals surface area contributed by atoms with E-state index in [1.807, 2.05) is 83.8 Å². The third kappa shape index (κ3) is 11.9. The Morgan fingerprint density at radius 2 is 1.31 bits per heavy atom. The van der Waals surface area contributed by atoms with Gasteiger partial charge in [0.05, 0.1) is 75.8 Å². The molecular formula is C61H65ClF4N8O7. The van der Waals surface area contributed by atoms with E-state index >= 15 is 17.6 Å². The lowest BCUT2D eigenvalue weighted by molar-refractivity contribution is -0.121. The van der Waals surface area contributed by atoms with Crippen molar-refractivity contribution in [3.63, 3.8) is 0 Å². The molecule has 20 heteroatoms. The van der Waals surface area contributed by atoms with E-state index in [1.165, 1.54) is 0 Å². The first-order valence-corrected chi connectivity index (χ1v) is 27.1. The van der Waals surface area contributed by atoms with Crippen molar-refractivity contribution in [1.82, 2.24) is 30.5 Å². The molecule has 426 valence electrons. The minimum absolute atomic E-state index is 0.0592. The molecule has 0 amide bonds. The molecule has 5 heterocycles. The van der Waals surface area contributed by atoms with Gasteiger partial charge < -0.3 is 54.0 Å². The molecule has 0 bridgehead atoms. The van der Waals surface area contributed by atoms with Gasteiger partial charge in [-0.15, -0.1) is 0 Å². The predicted octanol–water partition coefficient (Wildman–Crippen LogP) is 11.3. The number of aromatic nitrogens is 3. The number of benzene rings is 5. The number of hydrogen-bond donors (Lipinski definition) is 3. The third-order valence-electron chi connectivity index (χ3n) is 15.6. The average molecular weight is 1130 g/mol. The maximum absolute atomic E-state index is 19.1. The second-order valence-electron chi connectivity index (χ2n) is 20.6. The van der Waals surface area contributed by atoms with Gasteiger partial charge in [0.1, 0.15) is 59.0 Å². The van der Waals surface area contributed by atoms with Gasteiger partial charge in [-0.2, -0.15) is 23.1 Å². The monoisotopic (exact) mass is 1130 g/mol. The maximum Gasteiger partial charge on any atom is 0.414 e. The quantitative estimate of drug-likeness (QED) is 0.0622. The Balaban J connectivity index is 1.19. The van der Waals surface area contributed by atoms with Crippen LogP contribution in [0.5, 0.6) is 34.8 Å². The Kier molecular flexibility index (Phi) is 17.0. The number of alkyl halides is 3. The number of nitrogens with zero attached hydrogens (tertiary/aromatic N) is 5. The van der Waals surface area contributed by atoms with Crippen molar-refractivity contribution in [3.05, 3.63) is 171 Å². The van der Waals surface area contributed by atoms with Crippen LogP contribution in [0, 0.1) is 11.2 Å². The lowest BCUT2D eigenvalue weighted by atomic mass is 9.62. The molecule has 10 rings (SSSR count). The summed E-state index contributed by atoms with van der Waals surface area (Å²) in [6, 6.07) is 33.2. The van der Waals surface area contributed by atoms with Crippen molar-refractivity contribution in [1.29, 1.82) is 0 Å². The smallest absolute Gasteiger partial charge is 0.414 e. The van der Waals surface area contributed by atoms with Crippen LogP contribution in [0.15, 0.2) is 127 Å². The summed E-state index contributed by atoms with van der Waals surface area (Å²) in [6.45, 7) is 6.13. The predicted molar refractivity (Wildman–Crippen MR) is 302 cm³/mol. The highest BCUT2D eigenvalue weighted by Gasteiger charge is 2.59. The van der Waals surface area contributed by atoms with Crippen LogP contribution < -0.4 is 49.3 Å². The zero-order chi connectivity index (χ0) is 56.9. The molecule has 0 aliphatic carbocycles. The van der Waals surface area contributed by atoms with Crippen LogP contribution in [-0.4, -0.2) is 100 Å². The van der Waals surface area contributed by atoms with Gasteiger partial charge in [-0.05, 0) is 94.8 Å². The number of rotatable bonds is 20. The fourth-order valence-corrected chi connectivity index (χ4v) is 11.6. The summed E-state index contributed by atoms with van der Waals surface area (Å²) in [6.07, 6.45) is -2.68. The molecule has 3 N–H and O–H groups in total. The summed E-state index contributed by atoms with van der Waals surface area (Å²) in [5, 5.41) is 9.83. The summed E-state index contributed by atoms with van der Waals surface area (Å²) in [5.41, 5.74) is -1.27. The van der Waals surface area contributed by atoms with Crippen LogP contribution in [-0.2, 0) is 36.6 Å². The molecule has 81 heavy (non-hydrogen) atoms. The van der Waals surface area contributed by atoms with E-state index in [0.29, 0.717) is 67.2 Å². The molecule has 7 aromatic rings. The van der Waals surface area contributed by atoms with E-state index in [1.54, 1.807) is 78.8 Å². The van der Waals surface area contributed by atoms with Gasteiger partial charge in [0.25, 0.3) is 0 Å². The number of halogens is 5. The SMILES string of the molecule is COc1ccc(CN(Cc2ccc(OC)cc2)c2ncccc2[C@H](C)C2(C)CC(c3c(Cl)c4c5c(nc(OC[C@H]6COCCN6)nc5c3F)NCCO4)(N(Cc3ccc(OC)cc3)Cc3ccc(OC)cc3)NC=C2C(F)(F)F)cc1. The number of anilines is 2. The van der Waals surface area contributed by atoms with Crippen molar-refractivity contribution in [3.8, 4) is 34.8 Å². The summed E-state index contributed by atoms with van der Waals surface area (Å²) in [5.74, 6) is 1.38. The standard InChI is InChI=1S/C61H65ClF4N8O7/c1-38(48-8-7-25-69-57(48)73(31-39-9-17-44(75-3)18-10-39)32-40-11-19-45(76-4)20-12-40)59(2)37-60(70-30-49(59)61(64,65)66,74(33-41-13-21-46(77-5)22-14-41)34-42-15-23-47(78-6)24-16-42)51-52(62)55-50-54(53(51)63)71-58(72-56(50)68-27-29-80-55)81-36-43-35-79-28-26-67-43/h7-25,30,38,43,67,70H,26-29,31-37H2,1-6H3,(H,68,71,72)/t38-,43+,59?,60?/m0/s1. The molecule has 1 saturated heterocycles. The second-order valence-corrected chi connectivity index (χ2v) is 21.0. The van der Waals surface area contributed by atoms with Gasteiger partial charge in [0.15, 0.2) is 11.6 Å². The topological polar surface area (TPSA) is 146 Å². The van der Waals surface area contributed by atoms with Gasteiger partial charge in [0, 0.05) is 50.5 Å². The fourth-order valence-electron chi connectivity index (χ4n) is 11.2. The van der Waals surface area contributed by atoms with Crippen LogP contribution in [0.3, 0.4) is 0 Å².